The summed E-state index contributed by atoms with van der Waals surface area (Å²) >= 11 is 0.755. The Morgan fingerprint density at radius 3 is 2.57 bits per heavy atom. The van der Waals surface area contributed by atoms with Gasteiger partial charge in [0.05, 0.1) is 15.4 Å². The highest BCUT2D eigenvalue weighted by Crippen LogP contribution is 2.25. The SMILES string of the molecule is Cc1ccc(NC(=O)c2ccc([N+](=O)[O-])s2)cc1C(=O)O. The number of anilines is 1. The lowest BCUT2D eigenvalue weighted by Gasteiger charge is -2.06. The standard InChI is InChI=1S/C13H10N2O5S/c1-7-2-3-8(6-9(7)13(17)18)14-12(16)10-4-5-11(21-10)15(19)20/h2-6H,1H3,(H,14,16)(H,17,18). The smallest absolute Gasteiger partial charge is 0.336 e. The minimum atomic E-state index is -1.09. The lowest BCUT2D eigenvalue weighted by atomic mass is 10.1. The molecule has 0 unspecified atom stereocenters. The average Bonchev–Trinajstić information content (AvgIpc) is 2.90. The molecular weight excluding hydrogens is 296 g/mol. The molecule has 0 aliphatic rings. The first kappa shape index (κ1) is 14.7. The van der Waals surface area contributed by atoms with Gasteiger partial charge in [0.15, 0.2) is 0 Å². The first-order valence-electron chi connectivity index (χ1n) is 5.78. The Morgan fingerprint density at radius 2 is 2.00 bits per heavy atom. The maximum absolute atomic E-state index is 11.9. The largest absolute Gasteiger partial charge is 0.478 e. The number of thiophene rings is 1. The van der Waals surface area contributed by atoms with Gasteiger partial charge in [-0.15, -0.1) is 0 Å². The highest BCUT2D eigenvalue weighted by Gasteiger charge is 2.16. The van der Waals surface area contributed by atoms with Crippen LogP contribution in [0, 0.1) is 17.0 Å². The molecule has 7 nitrogen and oxygen atoms in total. The quantitative estimate of drug-likeness (QED) is 0.666. The molecule has 0 atom stereocenters. The lowest BCUT2D eigenvalue weighted by molar-refractivity contribution is -0.380. The van der Waals surface area contributed by atoms with Gasteiger partial charge in [-0.2, -0.15) is 0 Å². The van der Waals surface area contributed by atoms with Crippen molar-refractivity contribution in [2.75, 3.05) is 5.32 Å². The summed E-state index contributed by atoms with van der Waals surface area (Å²) in [6, 6.07) is 7.09. The molecule has 1 aromatic heterocycles. The van der Waals surface area contributed by atoms with Crippen molar-refractivity contribution in [3.05, 3.63) is 56.5 Å². The van der Waals surface area contributed by atoms with Crippen molar-refractivity contribution in [1.29, 1.82) is 0 Å². The molecule has 0 aliphatic heterocycles. The number of rotatable bonds is 4. The number of hydrogen-bond acceptors (Lipinski definition) is 5. The summed E-state index contributed by atoms with van der Waals surface area (Å²) < 4.78 is 0. The van der Waals surface area contributed by atoms with Crippen molar-refractivity contribution in [1.82, 2.24) is 0 Å². The Balaban J connectivity index is 2.21. The maximum Gasteiger partial charge on any atom is 0.336 e. The zero-order valence-corrected chi connectivity index (χ0v) is 11.6. The molecule has 1 amide bonds. The van der Waals surface area contributed by atoms with Crippen LogP contribution in [0.5, 0.6) is 0 Å². The molecule has 8 heteroatoms. The number of carbonyl (C=O) groups is 2. The number of hydrogen-bond donors (Lipinski definition) is 2. The molecule has 1 heterocycles. The van der Waals surface area contributed by atoms with Gasteiger partial charge in [0, 0.05) is 11.8 Å². The van der Waals surface area contributed by atoms with Gasteiger partial charge in [0.2, 0.25) is 0 Å². The van der Waals surface area contributed by atoms with Crippen LogP contribution in [0.25, 0.3) is 0 Å². The molecule has 2 rings (SSSR count). The minimum Gasteiger partial charge on any atom is -0.478 e. The molecular formula is C13H10N2O5S. The van der Waals surface area contributed by atoms with E-state index in [0.29, 0.717) is 11.3 Å². The van der Waals surface area contributed by atoms with Crippen molar-refractivity contribution < 1.29 is 19.6 Å². The summed E-state index contributed by atoms with van der Waals surface area (Å²) in [7, 11) is 0. The highest BCUT2D eigenvalue weighted by atomic mass is 32.1. The third-order valence-electron chi connectivity index (χ3n) is 2.72. The zero-order chi connectivity index (χ0) is 15.6. The summed E-state index contributed by atoms with van der Waals surface area (Å²) in [5.74, 6) is -1.61. The Hall–Kier alpha value is -2.74. The predicted molar refractivity (Wildman–Crippen MR) is 77.1 cm³/mol. The van der Waals surface area contributed by atoms with Crippen LogP contribution < -0.4 is 5.32 Å². The second-order valence-corrected chi connectivity index (χ2v) is 5.25. The van der Waals surface area contributed by atoms with E-state index in [1.165, 1.54) is 18.2 Å². The van der Waals surface area contributed by atoms with Crippen LogP contribution >= 0.6 is 11.3 Å². The molecule has 1 aromatic carbocycles. The van der Waals surface area contributed by atoms with Gasteiger partial charge in [-0.1, -0.05) is 17.4 Å². The van der Waals surface area contributed by atoms with Crippen LogP contribution in [0.3, 0.4) is 0 Å². The number of nitrogens with one attached hydrogen (secondary N) is 1. The Bertz CT molecular complexity index is 738. The molecule has 2 aromatic rings. The highest BCUT2D eigenvalue weighted by molar-refractivity contribution is 7.17. The Kier molecular flexibility index (Phi) is 3.99. The van der Waals surface area contributed by atoms with Gasteiger partial charge < -0.3 is 10.4 Å². The van der Waals surface area contributed by atoms with Gasteiger partial charge in [-0.3, -0.25) is 14.9 Å². The number of carboxylic acids is 1. The second kappa shape index (κ2) is 5.71. The Morgan fingerprint density at radius 1 is 1.29 bits per heavy atom. The number of benzene rings is 1. The van der Waals surface area contributed by atoms with Crippen molar-refractivity contribution in [2.45, 2.75) is 6.92 Å². The zero-order valence-electron chi connectivity index (χ0n) is 10.8. The number of aromatic carboxylic acids is 1. The molecule has 21 heavy (non-hydrogen) atoms. The van der Waals surface area contributed by atoms with Crippen molar-refractivity contribution in [3.63, 3.8) is 0 Å². The van der Waals surface area contributed by atoms with Gasteiger partial charge in [-0.25, -0.2) is 4.79 Å². The van der Waals surface area contributed by atoms with E-state index in [1.54, 1.807) is 19.1 Å². The molecule has 108 valence electrons. The maximum atomic E-state index is 11.9. The molecule has 2 N–H and O–H groups in total. The van der Waals surface area contributed by atoms with E-state index in [2.05, 4.69) is 5.32 Å². The topological polar surface area (TPSA) is 110 Å². The van der Waals surface area contributed by atoms with Crippen molar-refractivity contribution in [2.24, 2.45) is 0 Å². The summed E-state index contributed by atoms with van der Waals surface area (Å²) in [5.41, 5.74) is 0.983. The molecule has 0 bridgehead atoms. The van der Waals surface area contributed by atoms with Gasteiger partial charge in [0.25, 0.3) is 5.91 Å². The molecule has 0 saturated heterocycles. The fourth-order valence-electron chi connectivity index (χ4n) is 1.67. The minimum absolute atomic E-state index is 0.0879. The molecule has 0 aliphatic carbocycles. The number of amides is 1. The van der Waals surface area contributed by atoms with Crippen LogP contribution in [-0.2, 0) is 0 Å². The first-order chi connectivity index (χ1) is 9.88. The summed E-state index contributed by atoms with van der Waals surface area (Å²) in [5, 5.41) is 22.0. The van der Waals surface area contributed by atoms with Crippen molar-refractivity contribution >= 4 is 33.9 Å². The number of nitrogens with zero attached hydrogens (tertiary/aromatic N) is 1. The Labute approximate surface area is 123 Å². The summed E-state index contributed by atoms with van der Waals surface area (Å²) in [6.45, 7) is 1.65. The van der Waals surface area contributed by atoms with Crippen LogP contribution in [0.4, 0.5) is 10.7 Å². The number of aryl methyl sites for hydroxylation is 1. The van der Waals surface area contributed by atoms with Crippen molar-refractivity contribution in [3.8, 4) is 0 Å². The molecule has 0 fully saturated rings. The van der Waals surface area contributed by atoms with Crippen LogP contribution in [0.15, 0.2) is 30.3 Å². The van der Waals surface area contributed by atoms with E-state index in [4.69, 9.17) is 5.11 Å². The van der Waals surface area contributed by atoms with E-state index in [1.807, 2.05) is 0 Å². The van der Waals surface area contributed by atoms with Gasteiger partial charge in [-0.05, 0) is 30.7 Å². The molecule has 0 radical (unpaired) electrons. The molecule has 0 saturated carbocycles. The predicted octanol–water partition coefficient (Wildman–Crippen LogP) is 2.92. The van der Waals surface area contributed by atoms with E-state index in [-0.39, 0.29) is 15.4 Å². The third kappa shape index (κ3) is 3.23. The number of carbonyl (C=O) groups excluding carboxylic acids is 1. The van der Waals surface area contributed by atoms with E-state index in [0.717, 1.165) is 11.3 Å². The van der Waals surface area contributed by atoms with Gasteiger partial charge in [0.1, 0.15) is 0 Å². The first-order valence-corrected chi connectivity index (χ1v) is 6.59. The third-order valence-corrected chi connectivity index (χ3v) is 3.76. The molecule has 0 spiro atoms. The summed E-state index contributed by atoms with van der Waals surface area (Å²) in [4.78, 5) is 33.1. The fraction of sp³-hybridized carbons (Fsp3) is 0.0769. The van der Waals surface area contributed by atoms with Crippen LogP contribution in [-0.4, -0.2) is 21.9 Å². The number of carboxylic acid groups (broad SMARTS) is 1. The second-order valence-electron chi connectivity index (χ2n) is 4.18. The van der Waals surface area contributed by atoms with E-state index in [9.17, 15) is 19.7 Å². The number of nitro groups is 1. The lowest BCUT2D eigenvalue weighted by Crippen LogP contribution is -2.11. The van der Waals surface area contributed by atoms with E-state index >= 15 is 0 Å². The average molecular weight is 306 g/mol. The normalized spacial score (nSPS) is 10.1. The monoisotopic (exact) mass is 306 g/mol. The van der Waals surface area contributed by atoms with Crippen LogP contribution in [0.2, 0.25) is 0 Å². The fourth-order valence-corrected chi connectivity index (χ4v) is 2.39. The van der Waals surface area contributed by atoms with Gasteiger partial charge >= 0.3 is 11.0 Å². The van der Waals surface area contributed by atoms with E-state index < -0.39 is 16.8 Å². The van der Waals surface area contributed by atoms with Crippen LogP contribution in [0.1, 0.15) is 25.6 Å². The summed E-state index contributed by atoms with van der Waals surface area (Å²) in [6.07, 6.45) is 0.